The summed E-state index contributed by atoms with van der Waals surface area (Å²) in [6.45, 7) is 6.15. The molecule has 0 saturated carbocycles. The van der Waals surface area contributed by atoms with Crippen molar-refractivity contribution < 1.29 is 24.2 Å². The summed E-state index contributed by atoms with van der Waals surface area (Å²) in [7, 11) is 0. The van der Waals surface area contributed by atoms with Crippen molar-refractivity contribution in [2.75, 3.05) is 24.3 Å². The molecule has 2 aromatic heterocycles. The van der Waals surface area contributed by atoms with E-state index in [-0.39, 0.29) is 22.5 Å². The smallest absolute Gasteiger partial charge is 0.283 e. The van der Waals surface area contributed by atoms with Gasteiger partial charge in [0.05, 0.1) is 37.4 Å². The zero-order valence-electron chi connectivity index (χ0n) is 34.0. The summed E-state index contributed by atoms with van der Waals surface area (Å²) in [6, 6.07) is 36.3. The molecule has 0 bridgehead atoms. The molecule has 0 atom stereocenters. The van der Waals surface area contributed by atoms with Gasteiger partial charge in [-0.1, -0.05) is 12.1 Å². The van der Waals surface area contributed by atoms with Crippen LogP contribution in [0.25, 0.3) is 41.6 Å². The third-order valence-electron chi connectivity index (χ3n) is 9.24. The van der Waals surface area contributed by atoms with Gasteiger partial charge in [0.25, 0.3) is 22.5 Å². The van der Waals surface area contributed by atoms with Crippen LogP contribution in [0.1, 0.15) is 44.7 Å². The number of aromatic nitrogens is 2. The first-order valence-corrected chi connectivity index (χ1v) is 23.5. The number of ether oxygens (including phenoxy) is 1. The second-order valence-electron chi connectivity index (χ2n) is 14.1. The van der Waals surface area contributed by atoms with E-state index in [1.54, 1.807) is 46.9 Å². The Labute approximate surface area is 407 Å². The lowest BCUT2D eigenvalue weighted by Crippen LogP contribution is -2.12. The van der Waals surface area contributed by atoms with E-state index in [0.717, 1.165) is 61.8 Å². The minimum absolute atomic E-state index is 0.0836. The quantitative estimate of drug-likeness (QED) is 0.0510. The SMILES string of the molecule is C1CCOC1.Cc1ccc2nc(-c3ccc(N)cc3)sc2c1.Cc1ccc2nc(-c3ccc(NC(=O)c4ccc(I)c([N+](=O)[O-])c4)cc3)sc2c1.O=C(Cl)c1ccc(I)c([N+](=O)[O-])c1. The van der Waals surface area contributed by atoms with Crippen molar-refractivity contribution >= 4 is 134 Å². The second kappa shape index (κ2) is 22.4. The number of carbonyl (C=O) groups excluding carboxylic acids is 2. The Kier molecular flexibility index (Phi) is 16.8. The summed E-state index contributed by atoms with van der Waals surface area (Å²) in [4.78, 5) is 52.9. The van der Waals surface area contributed by atoms with Crippen molar-refractivity contribution in [3.63, 3.8) is 0 Å². The van der Waals surface area contributed by atoms with Crippen LogP contribution in [-0.2, 0) is 4.74 Å². The largest absolute Gasteiger partial charge is 0.399 e. The maximum atomic E-state index is 12.5. The predicted molar refractivity (Wildman–Crippen MR) is 274 cm³/mol. The van der Waals surface area contributed by atoms with Crippen molar-refractivity contribution in [3.05, 3.63) is 171 Å². The van der Waals surface area contributed by atoms with Crippen LogP contribution in [-0.4, -0.2) is 44.2 Å². The van der Waals surface area contributed by atoms with E-state index in [1.807, 2.05) is 93.7 Å². The Morgan fingerprint density at radius 3 is 1.56 bits per heavy atom. The average Bonchev–Trinajstić information content (AvgIpc) is 4.08. The molecule has 0 radical (unpaired) electrons. The number of nitrogen functional groups attached to an aromatic ring is 1. The van der Waals surface area contributed by atoms with Gasteiger partial charge in [-0.05, 0) is 192 Å². The van der Waals surface area contributed by atoms with Gasteiger partial charge in [-0.25, -0.2) is 9.97 Å². The van der Waals surface area contributed by atoms with Crippen molar-refractivity contribution in [1.29, 1.82) is 0 Å². The van der Waals surface area contributed by atoms with Crippen molar-refractivity contribution in [3.8, 4) is 21.1 Å². The number of carbonyl (C=O) groups is 2. The third-order valence-corrected chi connectivity index (χ3v) is 13.4. The molecule has 3 heterocycles. The highest BCUT2D eigenvalue weighted by molar-refractivity contribution is 14.1. The number of rotatable bonds is 7. The van der Waals surface area contributed by atoms with Crippen molar-refractivity contribution in [1.82, 2.24) is 9.97 Å². The molecule has 8 aromatic rings. The van der Waals surface area contributed by atoms with E-state index in [2.05, 4.69) is 53.4 Å². The van der Waals surface area contributed by atoms with E-state index in [0.29, 0.717) is 12.8 Å². The van der Waals surface area contributed by atoms with Crippen LogP contribution < -0.4 is 11.1 Å². The number of nitrogens with two attached hydrogens (primary N) is 1. The highest BCUT2D eigenvalue weighted by Crippen LogP contribution is 2.33. The number of anilines is 2. The summed E-state index contributed by atoms with van der Waals surface area (Å²) < 4.78 is 8.28. The Bertz CT molecular complexity index is 2970. The fourth-order valence-electron chi connectivity index (χ4n) is 5.91. The predicted octanol–water partition coefficient (Wildman–Crippen LogP) is 13.3. The van der Waals surface area contributed by atoms with Crippen molar-refractivity contribution in [2.24, 2.45) is 0 Å². The number of aryl methyl sites for hydroxylation is 2. The van der Waals surface area contributed by atoms with E-state index >= 15 is 0 Å². The van der Waals surface area contributed by atoms with Gasteiger partial charge in [-0.2, -0.15) is 0 Å². The van der Waals surface area contributed by atoms with Crippen LogP contribution >= 0.6 is 79.5 Å². The summed E-state index contributed by atoms with van der Waals surface area (Å²) in [5, 5.41) is 25.6. The van der Waals surface area contributed by atoms with Crippen LogP contribution in [0.2, 0.25) is 0 Å². The third kappa shape index (κ3) is 13.1. The van der Waals surface area contributed by atoms with Crippen LogP contribution in [0, 0.1) is 41.2 Å². The molecule has 1 aliphatic heterocycles. The molecule has 1 fully saturated rings. The Balaban J connectivity index is 0.000000163. The minimum atomic E-state index is -0.695. The maximum absolute atomic E-state index is 12.5. The van der Waals surface area contributed by atoms with Gasteiger partial charge in [0.1, 0.15) is 10.0 Å². The average molecular weight is 1140 g/mol. The standard InChI is InChI=1S/C21H14IN3O3S.C14H12N2S.C7H3ClINO3.C4H8O/c1-12-2-9-17-19(10-12)29-21(24-17)13-3-6-15(7-4-13)23-20(26)14-5-8-16(22)18(11-14)25(27)28;1-9-2-7-12-13(8-9)17-14(16-12)10-3-5-11(15)6-4-10;8-7(11)4-1-2-5(9)6(3-4)10(12)13;1-2-4-5-3-1/h2-11H,1H3,(H,23,26);2-8H,15H2,1H3;1-3H;1-4H2. The zero-order chi connectivity index (χ0) is 45.9. The molecule has 18 heteroatoms. The number of halogens is 3. The van der Waals surface area contributed by atoms with Gasteiger partial charge < -0.3 is 15.8 Å². The summed E-state index contributed by atoms with van der Waals surface area (Å²) >= 11 is 12.2. The van der Waals surface area contributed by atoms with Crippen molar-refractivity contribution in [2.45, 2.75) is 26.7 Å². The monoisotopic (exact) mass is 1140 g/mol. The van der Waals surface area contributed by atoms with Gasteiger partial charge in [0.2, 0.25) is 0 Å². The lowest BCUT2D eigenvalue weighted by Gasteiger charge is -2.06. The molecule has 1 aliphatic rings. The summed E-state index contributed by atoms with van der Waals surface area (Å²) in [5.41, 5.74) is 13.8. The normalized spacial score (nSPS) is 11.6. The Hall–Kier alpha value is -5.45. The van der Waals surface area contributed by atoms with Crippen LogP contribution in [0.3, 0.4) is 0 Å². The second-order valence-corrected chi connectivity index (χ2v) is 18.8. The number of nitrogens with one attached hydrogen (secondary N) is 1. The first-order valence-electron chi connectivity index (χ1n) is 19.3. The highest BCUT2D eigenvalue weighted by atomic mass is 127. The van der Waals surface area contributed by atoms with Crippen LogP contribution in [0.5, 0.6) is 0 Å². The minimum Gasteiger partial charge on any atom is -0.399 e. The maximum Gasteiger partial charge on any atom is 0.283 e. The van der Waals surface area contributed by atoms with Gasteiger partial charge in [0, 0.05) is 59.0 Å². The lowest BCUT2D eigenvalue weighted by molar-refractivity contribution is -0.386. The number of nitro groups is 2. The molecule has 3 N–H and O–H groups in total. The summed E-state index contributed by atoms with van der Waals surface area (Å²) in [5.74, 6) is -0.396. The molecule has 1 amide bonds. The fraction of sp³-hybridized carbons (Fsp3) is 0.130. The van der Waals surface area contributed by atoms with E-state index in [1.165, 1.54) is 46.9 Å². The first-order chi connectivity index (χ1) is 30.6. The molecule has 0 aliphatic carbocycles. The number of nitrogens with zero attached hydrogens (tertiary/aromatic N) is 4. The fourth-order valence-corrected chi connectivity index (χ4v) is 9.24. The zero-order valence-corrected chi connectivity index (χ0v) is 40.8. The number of nitro benzene ring substituents is 2. The molecule has 13 nitrogen and oxygen atoms in total. The van der Waals surface area contributed by atoms with Gasteiger partial charge in [0.15, 0.2) is 0 Å². The number of thiazole rings is 2. The van der Waals surface area contributed by atoms with E-state index < -0.39 is 21.0 Å². The number of benzene rings is 6. The number of amides is 1. The molecule has 1 saturated heterocycles. The molecule has 0 spiro atoms. The molecule has 326 valence electrons. The first kappa shape index (κ1) is 48.0. The van der Waals surface area contributed by atoms with Gasteiger partial charge in [-0.15, -0.1) is 22.7 Å². The van der Waals surface area contributed by atoms with E-state index in [4.69, 9.17) is 22.1 Å². The van der Waals surface area contributed by atoms with Gasteiger partial charge >= 0.3 is 0 Å². The highest BCUT2D eigenvalue weighted by Gasteiger charge is 2.17. The number of hydrogen-bond acceptors (Lipinski definition) is 12. The molecule has 0 unspecified atom stereocenters. The Morgan fingerprint density at radius 1 is 0.672 bits per heavy atom. The molecule has 6 aromatic carbocycles. The van der Waals surface area contributed by atoms with E-state index in [9.17, 15) is 29.8 Å². The molecular weight excluding hydrogens is 1100 g/mol. The lowest BCUT2D eigenvalue weighted by atomic mass is 10.1. The molecule has 64 heavy (non-hydrogen) atoms. The number of fused-ring (bicyclic) bond motifs is 2. The van der Waals surface area contributed by atoms with Crippen LogP contribution in [0.15, 0.2) is 121 Å². The van der Waals surface area contributed by atoms with Gasteiger partial charge in [-0.3, -0.25) is 29.8 Å². The molecule has 9 rings (SSSR count). The summed E-state index contributed by atoms with van der Waals surface area (Å²) in [6.07, 6.45) is 2.56. The molecular formula is C46H37ClI2N6O7S2. The topological polar surface area (TPSA) is 193 Å². The number of hydrogen-bond donors (Lipinski definition) is 2. The van der Waals surface area contributed by atoms with Crippen LogP contribution in [0.4, 0.5) is 22.7 Å². The Morgan fingerprint density at radius 2 is 1.12 bits per heavy atom.